The smallest absolute Gasteiger partial charge is 0.0132 e. The van der Waals surface area contributed by atoms with Gasteiger partial charge < -0.3 is 0 Å². The fourth-order valence-electron chi connectivity index (χ4n) is 1.67. The standard InChI is InChI=1S/C15H24/c1-11(2)12(3)13-7-9-14(10-8-13)15(4,5)6/h7-12H,1-6H3. The van der Waals surface area contributed by atoms with Gasteiger partial charge in [-0.05, 0) is 28.4 Å². The molecule has 0 nitrogen and oxygen atoms in total. The molecule has 0 heteroatoms. The maximum Gasteiger partial charge on any atom is -0.0132 e. The van der Waals surface area contributed by atoms with E-state index >= 15 is 0 Å². The third kappa shape index (κ3) is 3.09. The predicted molar refractivity (Wildman–Crippen MR) is 68.4 cm³/mol. The molecule has 0 heterocycles. The van der Waals surface area contributed by atoms with Crippen molar-refractivity contribution in [3.8, 4) is 0 Å². The summed E-state index contributed by atoms with van der Waals surface area (Å²) in [5.41, 5.74) is 3.14. The molecule has 0 amide bonds. The van der Waals surface area contributed by atoms with Crippen LogP contribution in [0.15, 0.2) is 24.3 Å². The second-order valence-corrected chi connectivity index (χ2v) is 5.90. The molecule has 0 radical (unpaired) electrons. The van der Waals surface area contributed by atoms with Gasteiger partial charge in [0, 0.05) is 0 Å². The van der Waals surface area contributed by atoms with E-state index in [1.807, 2.05) is 0 Å². The molecule has 0 aliphatic heterocycles. The maximum absolute atomic E-state index is 2.30. The first kappa shape index (κ1) is 12.3. The van der Waals surface area contributed by atoms with Crippen LogP contribution in [0.2, 0.25) is 0 Å². The third-order valence-electron chi connectivity index (χ3n) is 3.30. The molecule has 0 saturated heterocycles. The lowest BCUT2D eigenvalue weighted by atomic mass is 9.84. The van der Waals surface area contributed by atoms with Crippen LogP contribution in [0.25, 0.3) is 0 Å². The molecule has 1 atom stereocenters. The van der Waals surface area contributed by atoms with Gasteiger partial charge in [0.15, 0.2) is 0 Å². The van der Waals surface area contributed by atoms with Crippen LogP contribution in [0.5, 0.6) is 0 Å². The Balaban J connectivity index is 2.91. The molecular weight excluding hydrogens is 180 g/mol. The molecule has 15 heavy (non-hydrogen) atoms. The van der Waals surface area contributed by atoms with Gasteiger partial charge in [0.05, 0.1) is 0 Å². The maximum atomic E-state index is 2.30. The SMILES string of the molecule is CC(C)C(C)c1ccc(C(C)(C)C)cc1. The quantitative estimate of drug-likeness (QED) is 0.652. The Kier molecular flexibility index (Phi) is 3.59. The van der Waals surface area contributed by atoms with E-state index in [9.17, 15) is 0 Å². The highest BCUT2D eigenvalue weighted by Crippen LogP contribution is 2.27. The van der Waals surface area contributed by atoms with Gasteiger partial charge in [-0.3, -0.25) is 0 Å². The normalized spacial score (nSPS) is 14.3. The van der Waals surface area contributed by atoms with Crippen LogP contribution >= 0.6 is 0 Å². The first-order valence-electron chi connectivity index (χ1n) is 5.93. The Bertz CT molecular complexity index is 298. The van der Waals surface area contributed by atoms with Gasteiger partial charge in [-0.15, -0.1) is 0 Å². The molecule has 1 aromatic rings. The van der Waals surface area contributed by atoms with E-state index in [1.165, 1.54) is 11.1 Å². The van der Waals surface area contributed by atoms with Crippen molar-refractivity contribution in [2.45, 2.75) is 52.9 Å². The van der Waals surface area contributed by atoms with Gasteiger partial charge in [0.2, 0.25) is 0 Å². The molecule has 0 aromatic heterocycles. The fraction of sp³-hybridized carbons (Fsp3) is 0.600. The van der Waals surface area contributed by atoms with Crippen molar-refractivity contribution in [1.82, 2.24) is 0 Å². The summed E-state index contributed by atoms with van der Waals surface area (Å²) in [5.74, 6) is 1.37. The monoisotopic (exact) mass is 204 g/mol. The first-order valence-corrected chi connectivity index (χ1v) is 5.93. The van der Waals surface area contributed by atoms with Crippen LogP contribution in [0.3, 0.4) is 0 Å². The van der Waals surface area contributed by atoms with Gasteiger partial charge in [0.1, 0.15) is 0 Å². The first-order chi connectivity index (χ1) is 6.82. The zero-order valence-corrected chi connectivity index (χ0v) is 11.0. The Morgan fingerprint density at radius 2 is 1.33 bits per heavy atom. The van der Waals surface area contributed by atoms with E-state index in [4.69, 9.17) is 0 Å². The molecular formula is C15H24. The zero-order valence-electron chi connectivity index (χ0n) is 11.0. The third-order valence-corrected chi connectivity index (χ3v) is 3.30. The zero-order chi connectivity index (χ0) is 11.6. The van der Waals surface area contributed by atoms with Crippen LogP contribution < -0.4 is 0 Å². The average Bonchev–Trinajstić information content (AvgIpc) is 2.15. The van der Waals surface area contributed by atoms with Crippen molar-refractivity contribution >= 4 is 0 Å². The van der Waals surface area contributed by atoms with Crippen LogP contribution in [-0.4, -0.2) is 0 Å². The van der Waals surface area contributed by atoms with Crippen molar-refractivity contribution in [3.05, 3.63) is 35.4 Å². The summed E-state index contributed by atoms with van der Waals surface area (Å²) >= 11 is 0. The summed E-state index contributed by atoms with van der Waals surface area (Å²) in [7, 11) is 0. The molecule has 84 valence electrons. The van der Waals surface area contributed by atoms with Crippen LogP contribution in [0.1, 0.15) is 58.6 Å². The fourth-order valence-corrected chi connectivity index (χ4v) is 1.67. The molecule has 0 bridgehead atoms. The molecule has 0 aliphatic carbocycles. The van der Waals surface area contributed by atoms with Crippen LogP contribution in [0.4, 0.5) is 0 Å². The number of hydrogen-bond acceptors (Lipinski definition) is 0. The highest BCUT2D eigenvalue weighted by molar-refractivity contribution is 5.29. The Labute approximate surface area is 94.7 Å². The highest BCUT2D eigenvalue weighted by Gasteiger charge is 2.14. The van der Waals surface area contributed by atoms with E-state index in [0.29, 0.717) is 11.8 Å². The van der Waals surface area contributed by atoms with E-state index in [2.05, 4.69) is 65.8 Å². The Morgan fingerprint density at radius 3 is 1.67 bits per heavy atom. The molecule has 1 rings (SSSR count). The lowest BCUT2D eigenvalue weighted by Crippen LogP contribution is -2.11. The summed E-state index contributed by atoms with van der Waals surface area (Å²) in [5, 5.41) is 0. The molecule has 0 fully saturated rings. The lowest BCUT2D eigenvalue weighted by molar-refractivity contribution is 0.533. The van der Waals surface area contributed by atoms with Gasteiger partial charge in [-0.25, -0.2) is 0 Å². The van der Waals surface area contributed by atoms with E-state index in [1.54, 1.807) is 0 Å². The van der Waals surface area contributed by atoms with E-state index < -0.39 is 0 Å². The topological polar surface area (TPSA) is 0 Å². The summed E-state index contributed by atoms with van der Waals surface area (Å²) in [6.07, 6.45) is 0. The number of hydrogen-bond donors (Lipinski definition) is 0. The molecule has 1 aromatic carbocycles. The van der Waals surface area contributed by atoms with Crippen molar-refractivity contribution in [3.63, 3.8) is 0 Å². The van der Waals surface area contributed by atoms with Crippen molar-refractivity contribution < 1.29 is 0 Å². The van der Waals surface area contributed by atoms with E-state index in [0.717, 1.165) is 0 Å². The molecule has 0 spiro atoms. The summed E-state index contributed by atoms with van der Waals surface area (Å²) in [4.78, 5) is 0. The van der Waals surface area contributed by atoms with E-state index in [-0.39, 0.29) is 5.41 Å². The van der Waals surface area contributed by atoms with Crippen molar-refractivity contribution in [1.29, 1.82) is 0 Å². The second-order valence-electron chi connectivity index (χ2n) is 5.90. The number of rotatable bonds is 2. The minimum absolute atomic E-state index is 0.263. The average molecular weight is 204 g/mol. The van der Waals surface area contributed by atoms with Crippen molar-refractivity contribution in [2.75, 3.05) is 0 Å². The number of benzene rings is 1. The molecule has 0 saturated carbocycles. The predicted octanol–water partition coefficient (Wildman–Crippen LogP) is 4.74. The van der Waals surface area contributed by atoms with Gasteiger partial charge in [-0.2, -0.15) is 0 Å². The Morgan fingerprint density at radius 1 is 0.867 bits per heavy atom. The summed E-state index contributed by atoms with van der Waals surface area (Å²) in [6, 6.07) is 9.11. The Hall–Kier alpha value is -0.780. The summed E-state index contributed by atoms with van der Waals surface area (Å²) < 4.78 is 0. The van der Waals surface area contributed by atoms with Crippen LogP contribution in [0, 0.1) is 5.92 Å². The van der Waals surface area contributed by atoms with Gasteiger partial charge in [0.25, 0.3) is 0 Å². The minimum Gasteiger partial charge on any atom is -0.0622 e. The lowest BCUT2D eigenvalue weighted by Gasteiger charge is -2.21. The van der Waals surface area contributed by atoms with Crippen LogP contribution in [-0.2, 0) is 5.41 Å². The highest BCUT2D eigenvalue weighted by atomic mass is 14.2. The molecule has 1 unspecified atom stereocenters. The second kappa shape index (κ2) is 4.38. The van der Waals surface area contributed by atoms with Crippen molar-refractivity contribution in [2.24, 2.45) is 5.92 Å². The minimum atomic E-state index is 0.263. The molecule has 0 aliphatic rings. The molecule has 0 N–H and O–H groups in total. The summed E-state index contributed by atoms with van der Waals surface area (Å²) in [6.45, 7) is 13.6. The van der Waals surface area contributed by atoms with Gasteiger partial charge >= 0.3 is 0 Å². The van der Waals surface area contributed by atoms with Gasteiger partial charge in [-0.1, -0.05) is 65.8 Å². The largest absolute Gasteiger partial charge is 0.0622 e.